The van der Waals surface area contributed by atoms with Gasteiger partial charge in [0, 0.05) is 20.9 Å². The summed E-state index contributed by atoms with van der Waals surface area (Å²) in [5.41, 5.74) is 1.84. The van der Waals surface area contributed by atoms with Gasteiger partial charge in [-0.2, -0.15) is 4.73 Å². The Bertz CT molecular complexity index is 366. The molecule has 3 nitrogen and oxygen atoms in total. The Morgan fingerprint density at radius 3 is 3.36 bits per heavy atom. The molecule has 2 aliphatic rings. The Labute approximate surface area is 68.7 Å². The number of nitrogens with zero attached hydrogens (tertiary/aromatic N) is 2. The van der Waals surface area contributed by atoms with Gasteiger partial charge in [-0.3, -0.25) is 0 Å². The Balaban J connectivity index is 0.000000461. The molecule has 2 heterocycles. The minimum atomic E-state index is 0.183. The summed E-state index contributed by atoms with van der Waals surface area (Å²) < 4.78 is 18.2. The highest BCUT2D eigenvalue weighted by atomic mass is 16.5. The lowest BCUT2D eigenvalue weighted by molar-refractivity contribution is 0.186. The Hall–Kier alpha value is -1.51. The quantitative estimate of drug-likeness (QED) is 0.590. The van der Waals surface area contributed by atoms with Gasteiger partial charge in [0.1, 0.15) is 0 Å². The smallest absolute Gasteiger partial charge is 0.175 e. The van der Waals surface area contributed by atoms with Crippen molar-refractivity contribution < 1.29 is 9.55 Å². The molecule has 0 spiro atoms. The molecule has 0 aromatic heterocycles. The van der Waals surface area contributed by atoms with Crippen LogP contribution in [0.5, 0.6) is 0 Å². The number of hydrogen-bond donors (Lipinski definition) is 1. The minimum Gasteiger partial charge on any atom is -0.427 e. The number of rotatable bonds is 0. The van der Waals surface area contributed by atoms with Crippen LogP contribution >= 0.6 is 0 Å². The number of pyridine rings is 1. The van der Waals surface area contributed by atoms with Crippen molar-refractivity contribution in [3.63, 3.8) is 0 Å². The van der Waals surface area contributed by atoms with Crippen LogP contribution in [0.3, 0.4) is 0 Å². The average molecular weight is 156 g/mol. The third-order valence-electron chi connectivity index (χ3n) is 1.73. The molecule has 3 heteroatoms. The molecule has 0 amide bonds. The van der Waals surface area contributed by atoms with E-state index >= 15 is 0 Å². The largest absolute Gasteiger partial charge is 0.427 e. The maximum absolute atomic E-state index is 9.28. The van der Waals surface area contributed by atoms with Gasteiger partial charge in [0.2, 0.25) is 0 Å². The maximum Gasteiger partial charge on any atom is 0.175 e. The first kappa shape index (κ1) is 4.38. The summed E-state index contributed by atoms with van der Waals surface area (Å²) in [6.07, 6.45) is 1.70. The molecule has 0 aliphatic carbocycles. The number of aryl methyl sites for hydroxylation is 1. The zero-order valence-electron chi connectivity index (χ0n) is 9.07. The molecular formula is C8H10N2O. The van der Waals surface area contributed by atoms with Gasteiger partial charge < -0.3 is 5.21 Å². The number of hydrogen-bond acceptors (Lipinski definition) is 2. The fourth-order valence-corrected chi connectivity index (χ4v) is 1.09. The molecule has 0 atom stereocenters. The highest BCUT2D eigenvalue weighted by molar-refractivity contribution is 5.61. The average Bonchev–Trinajstić information content (AvgIpc) is 2.58. The SMILES string of the molecule is [3H][3H].[3H]c1cc2c(C)ccn(O)c-2n1. The van der Waals surface area contributed by atoms with Gasteiger partial charge in [0.15, 0.2) is 5.82 Å². The third-order valence-corrected chi connectivity index (χ3v) is 1.73. The van der Waals surface area contributed by atoms with Crippen molar-refractivity contribution in [1.29, 1.82) is 0 Å². The predicted molar refractivity (Wildman–Crippen MR) is 42.9 cm³/mol. The molecule has 0 aromatic carbocycles. The monoisotopic (exact) mass is 156 g/mol. The van der Waals surface area contributed by atoms with E-state index in [1.54, 1.807) is 12.1 Å². The van der Waals surface area contributed by atoms with Gasteiger partial charge in [-0.25, -0.2) is 4.98 Å². The molecule has 0 saturated carbocycles. The molecule has 1 N–H and O–H groups in total. The Morgan fingerprint density at radius 1 is 1.82 bits per heavy atom. The van der Waals surface area contributed by atoms with Crippen molar-refractivity contribution in [2.24, 2.45) is 0 Å². The molecule has 2 rings (SSSR count). The van der Waals surface area contributed by atoms with Crippen LogP contribution in [0.2, 0.25) is 0 Å². The molecule has 0 aromatic rings. The first-order chi connectivity index (χ1) is 6.68. The third kappa shape index (κ3) is 0.774. The summed E-state index contributed by atoms with van der Waals surface area (Å²) in [6.45, 7) is 1.92. The lowest BCUT2D eigenvalue weighted by Gasteiger charge is -2.05. The highest BCUT2D eigenvalue weighted by Crippen LogP contribution is 2.22. The van der Waals surface area contributed by atoms with Gasteiger partial charge in [-0.05, 0) is 24.6 Å². The summed E-state index contributed by atoms with van der Waals surface area (Å²) >= 11 is 0. The van der Waals surface area contributed by atoms with Crippen molar-refractivity contribution in [2.45, 2.75) is 6.92 Å². The van der Waals surface area contributed by atoms with E-state index in [9.17, 15) is 5.21 Å². The summed E-state index contributed by atoms with van der Waals surface area (Å²) in [7, 11) is 0. The van der Waals surface area contributed by atoms with E-state index in [0.717, 1.165) is 15.9 Å². The van der Waals surface area contributed by atoms with Crippen molar-refractivity contribution >= 4 is 0 Å². The van der Waals surface area contributed by atoms with Crippen molar-refractivity contribution in [2.75, 3.05) is 0 Å². The van der Waals surface area contributed by atoms with Crippen LogP contribution in [-0.2, 0) is 0 Å². The molecule has 0 bridgehead atoms. The number of fused-ring (bicyclic) bond motifs is 1. The van der Waals surface area contributed by atoms with Crippen LogP contribution in [0, 0.1) is 6.92 Å². The van der Waals surface area contributed by atoms with E-state index in [1.165, 1.54) is 6.20 Å². The molecule has 11 heavy (non-hydrogen) atoms. The van der Waals surface area contributed by atoms with Gasteiger partial charge in [0.05, 0.1) is 1.37 Å². The first-order valence-corrected chi connectivity index (χ1v) is 3.33. The van der Waals surface area contributed by atoms with E-state index < -0.39 is 0 Å². The van der Waals surface area contributed by atoms with E-state index in [0.29, 0.717) is 5.82 Å². The highest BCUT2D eigenvalue weighted by Gasteiger charge is 2.08. The summed E-state index contributed by atoms with van der Waals surface area (Å²) in [5, 5.41) is 9.28. The lowest BCUT2D eigenvalue weighted by Crippen LogP contribution is -1.98. The lowest BCUT2D eigenvalue weighted by atomic mass is 10.1. The van der Waals surface area contributed by atoms with E-state index in [4.69, 9.17) is 4.34 Å². The zero-order chi connectivity index (χ0) is 10.7. The van der Waals surface area contributed by atoms with E-state index in [-0.39, 0.29) is 6.17 Å². The summed E-state index contributed by atoms with van der Waals surface area (Å²) in [5.74, 6) is 0.444. The second kappa shape index (κ2) is 1.99. The van der Waals surface area contributed by atoms with Crippen molar-refractivity contribution in [3.8, 4) is 11.4 Å². The number of aromatic nitrogens is 2. The maximum atomic E-state index is 9.28. The van der Waals surface area contributed by atoms with Crippen LogP contribution in [0.15, 0.2) is 24.5 Å². The van der Waals surface area contributed by atoms with Crippen molar-refractivity contribution in [3.05, 3.63) is 30.1 Å². The molecule has 0 saturated heterocycles. The second-order valence-corrected chi connectivity index (χ2v) is 2.47. The minimum absolute atomic E-state index is 0.183. The fourth-order valence-electron chi connectivity index (χ4n) is 1.09. The molecular weight excluding hydrogens is 140 g/mol. The van der Waals surface area contributed by atoms with Crippen LogP contribution in [0.1, 0.15) is 9.90 Å². The van der Waals surface area contributed by atoms with Gasteiger partial charge >= 0.3 is 0 Å². The molecule has 58 valence electrons. The van der Waals surface area contributed by atoms with E-state index in [2.05, 4.69) is 4.98 Å². The van der Waals surface area contributed by atoms with Crippen LogP contribution in [0.25, 0.3) is 11.4 Å². The molecule has 2 aliphatic heterocycles. The first-order valence-electron chi connectivity index (χ1n) is 4.83. The summed E-state index contributed by atoms with van der Waals surface area (Å²) in [6, 6.07) is 3.42. The van der Waals surface area contributed by atoms with E-state index in [1.807, 2.05) is 6.92 Å². The Kier molecular flexibility index (Phi) is 0.791. The topological polar surface area (TPSA) is 38.0 Å². The fraction of sp³-hybridized carbons (Fsp3) is 0.125. The zero-order valence-corrected chi connectivity index (χ0v) is 6.07. The van der Waals surface area contributed by atoms with Gasteiger partial charge in [-0.1, -0.05) is 0 Å². The second-order valence-electron chi connectivity index (χ2n) is 2.47. The standard InChI is InChI=1S/C8H8N2O.H2/c1-6-3-5-10(11)8-7(6)2-4-9-8;/h2-5,11H,1H3;1H/i4T;1+2T. The van der Waals surface area contributed by atoms with Crippen molar-refractivity contribution in [1.82, 2.24) is 9.71 Å². The van der Waals surface area contributed by atoms with Crippen LogP contribution < -0.4 is 0 Å². The Morgan fingerprint density at radius 2 is 2.64 bits per heavy atom. The summed E-state index contributed by atoms with van der Waals surface area (Å²) in [4.78, 5) is 3.85. The van der Waals surface area contributed by atoms with Crippen LogP contribution in [0.4, 0.5) is 0 Å². The van der Waals surface area contributed by atoms with Gasteiger partial charge in [0.25, 0.3) is 0 Å². The van der Waals surface area contributed by atoms with Crippen LogP contribution in [-0.4, -0.2) is 14.9 Å². The predicted octanol–water partition coefficient (Wildman–Crippen LogP) is 1.78. The van der Waals surface area contributed by atoms with Gasteiger partial charge in [-0.15, -0.1) is 0 Å². The molecule has 0 unspecified atom stereocenters. The molecule has 0 radical (unpaired) electrons. The molecule has 0 fully saturated rings. The normalized spacial score (nSPS) is 12.6.